The molecule has 3 rings (SSSR count). The van der Waals surface area contributed by atoms with Gasteiger partial charge in [-0.25, -0.2) is 10.1 Å². The fourth-order valence-corrected chi connectivity index (χ4v) is 7.70. The molecular weight excluding hydrogens is 678 g/mol. The summed E-state index contributed by atoms with van der Waals surface area (Å²) in [6.07, 6.45) is -2.73. The zero-order chi connectivity index (χ0) is 33.0. The number of nitrogens with one attached hydrogen (secondary N) is 1. The Bertz CT molecular complexity index is 1380. The lowest BCUT2D eigenvalue weighted by Crippen LogP contribution is -2.39. The van der Waals surface area contributed by atoms with Crippen LogP contribution in [-0.2, 0) is 39.9 Å². The van der Waals surface area contributed by atoms with E-state index in [4.69, 9.17) is 64.0 Å². The Balaban J connectivity index is 1.78. The second-order valence-electron chi connectivity index (χ2n) is 11.1. The van der Waals surface area contributed by atoms with Gasteiger partial charge in [-0.05, 0) is 39.5 Å². The van der Waals surface area contributed by atoms with E-state index >= 15 is 0 Å². The number of nitrogens with zero attached hydrogens (tertiary/aromatic N) is 4. The molecule has 0 aromatic carbocycles. The largest absolute Gasteiger partial charge is 0.476 e. The Labute approximate surface area is 275 Å². The fourth-order valence-electron chi connectivity index (χ4n) is 3.84. The van der Waals surface area contributed by atoms with Crippen molar-refractivity contribution in [2.75, 3.05) is 31.3 Å². The predicted molar refractivity (Wildman–Crippen MR) is 172 cm³/mol. The van der Waals surface area contributed by atoms with Crippen molar-refractivity contribution in [2.45, 2.75) is 83.4 Å². The number of rotatable bonds is 14. The first-order valence-electron chi connectivity index (χ1n) is 13.8. The molecule has 2 aromatic rings. The van der Waals surface area contributed by atoms with Crippen molar-refractivity contribution in [1.29, 1.82) is 0 Å². The molecule has 0 bridgehead atoms. The Morgan fingerprint density at radius 1 is 1.30 bits per heavy atom. The first-order valence-corrected chi connectivity index (χ1v) is 18.2. The molecule has 1 aliphatic rings. The highest BCUT2D eigenvalue weighted by atomic mass is 35.5. The second kappa shape index (κ2) is 15.1. The van der Waals surface area contributed by atoms with Crippen LogP contribution in [0.1, 0.15) is 54.7 Å². The third kappa shape index (κ3) is 9.14. The van der Waals surface area contributed by atoms with Gasteiger partial charge < -0.3 is 34.1 Å². The Morgan fingerprint density at radius 2 is 1.98 bits per heavy atom. The number of esters is 1. The lowest BCUT2D eigenvalue weighted by molar-refractivity contribution is -0.149. The molecule has 5 atom stereocenters. The maximum atomic E-state index is 12.5. The van der Waals surface area contributed by atoms with Gasteiger partial charge in [0.2, 0.25) is 11.8 Å². The molecule has 0 spiro atoms. The molecule has 4 N–H and O–H groups in total. The summed E-state index contributed by atoms with van der Waals surface area (Å²) in [5.74, 6) is -0.175. The molecule has 0 amide bonds. The van der Waals surface area contributed by atoms with Crippen molar-refractivity contribution in [3.05, 3.63) is 6.33 Å². The topological polar surface area (TPSA) is 182 Å². The summed E-state index contributed by atoms with van der Waals surface area (Å²) in [7, 11) is 0. The number of aliphatic hydroxyl groups excluding tert-OH is 1. The number of nitrogens with two attached hydrogens (primary N) is 1. The minimum Gasteiger partial charge on any atom is -0.476 e. The van der Waals surface area contributed by atoms with Crippen LogP contribution in [0.2, 0.25) is 0 Å². The van der Waals surface area contributed by atoms with Gasteiger partial charge in [-0.15, -0.1) is 0 Å². The van der Waals surface area contributed by atoms with Gasteiger partial charge in [-0.1, -0.05) is 55.7 Å². The molecule has 1 saturated heterocycles. The number of halogens is 2. The maximum absolute atomic E-state index is 12.5. The first kappa shape index (κ1) is 37.1. The van der Waals surface area contributed by atoms with E-state index in [9.17, 15) is 14.7 Å². The normalized spacial score (nSPS) is 22.2. The summed E-state index contributed by atoms with van der Waals surface area (Å²) < 4.78 is 28.3. The van der Waals surface area contributed by atoms with Crippen LogP contribution in [0.15, 0.2) is 6.33 Å². The molecule has 0 radical (unpaired) electrons. The lowest BCUT2D eigenvalue weighted by atomic mass is 10.00. The molecule has 0 unspecified atom stereocenters. The summed E-state index contributed by atoms with van der Waals surface area (Å²) in [5, 5.41) is 14.0. The quantitative estimate of drug-likeness (QED) is 0.111. The monoisotopic (exact) mass is 716 g/mol. The van der Waals surface area contributed by atoms with Crippen molar-refractivity contribution >= 4 is 81.6 Å². The molecule has 3 heterocycles. The van der Waals surface area contributed by atoms with Crippen LogP contribution in [0.4, 0.5) is 5.95 Å². The minimum absolute atomic E-state index is 0.0151. The van der Waals surface area contributed by atoms with Gasteiger partial charge in [0.05, 0.1) is 32.3 Å². The molecule has 14 nitrogen and oxygen atoms in total. The van der Waals surface area contributed by atoms with E-state index in [-0.39, 0.29) is 41.9 Å². The molecular formula is C25H39Cl2N6O8PS2. The number of aromatic nitrogens is 4. The third-order valence-electron chi connectivity index (χ3n) is 5.98. The number of anilines is 1. The number of nitrogen functional groups attached to an aromatic ring is 1. The van der Waals surface area contributed by atoms with Crippen LogP contribution in [0.3, 0.4) is 0 Å². The van der Waals surface area contributed by atoms with Crippen molar-refractivity contribution in [3.63, 3.8) is 0 Å². The smallest absolute Gasteiger partial charge is 0.323 e. The van der Waals surface area contributed by atoms with E-state index in [1.165, 1.54) is 10.9 Å². The van der Waals surface area contributed by atoms with E-state index in [0.29, 0.717) is 17.9 Å². The molecule has 19 heteroatoms. The Hall–Kier alpha value is -1.33. The number of imidazole rings is 1. The van der Waals surface area contributed by atoms with Crippen LogP contribution >= 0.6 is 41.6 Å². The van der Waals surface area contributed by atoms with Crippen molar-refractivity contribution in [1.82, 2.24) is 24.6 Å². The highest BCUT2D eigenvalue weighted by molar-refractivity contribution is 8.13. The van der Waals surface area contributed by atoms with E-state index < -0.39 is 46.8 Å². The molecule has 2 aromatic heterocycles. The number of carbonyl (C=O) groups is 2. The van der Waals surface area contributed by atoms with Gasteiger partial charge in [0, 0.05) is 11.2 Å². The van der Waals surface area contributed by atoms with Crippen molar-refractivity contribution in [3.8, 4) is 5.88 Å². The number of ether oxygens (including phenoxy) is 3. The van der Waals surface area contributed by atoms with Gasteiger partial charge in [-0.3, -0.25) is 14.2 Å². The molecule has 1 aliphatic heterocycles. The van der Waals surface area contributed by atoms with E-state index in [0.717, 1.165) is 11.8 Å². The number of aliphatic hydroxyl groups is 1. The summed E-state index contributed by atoms with van der Waals surface area (Å²) in [4.78, 5) is 37.4. The third-order valence-corrected chi connectivity index (χ3v) is 10.7. The summed E-state index contributed by atoms with van der Waals surface area (Å²) in [6, 6.07) is -0.892. The fraction of sp³-hybridized carbons (Fsp3) is 0.720. The Morgan fingerprint density at radius 3 is 2.59 bits per heavy atom. The zero-order valence-corrected chi connectivity index (χ0v) is 29.5. The minimum atomic E-state index is -3.43. The van der Waals surface area contributed by atoms with Gasteiger partial charge in [0.15, 0.2) is 26.8 Å². The average Bonchev–Trinajstić information content (AvgIpc) is 3.42. The van der Waals surface area contributed by atoms with E-state index in [1.54, 1.807) is 27.7 Å². The van der Waals surface area contributed by atoms with Crippen LogP contribution in [0.25, 0.3) is 11.2 Å². The predicted octanol–water partition coefficient (Wildman–Crippen LogP) is 3.73. The van der Waals surface area contributed by atoms with Crippen LogP contribution in [0, 0.1) is 5.41 Å². The van der Waals surface area contributed by atoms with E-state index in [2.05, 4.69) is 20.0 Å². The standard InChI is InChI=1S/C25H39Cl2N6O8PS2/c1-8-37-19-16-18(30-23(28)31-19)33(12-29-16)21-25(26,27)17(34)15(41-21)11-39-42(43,32-14(4)20(35)40-13(2)3)38-9-10-44-22(36)24(5,6)7/h12-15,17,21,34H,8-11H2,1-7H3,(H,32,43)(H2,28,30,31)/t14-,15+,17+,21+,42-/m0/s1. The van der Waals surface area contributed by atoms with Gasteiger partial charge in [0.1, 0.15) is 18.2 Å². The van der Waals surface area contributed by atoms with Crippen LogP contribution in [-0.4, -0.2) is 90.0 Å². The van der Waals surface area contributed by atoms with Crippen LogP contribution < -0.4 is 15.6 Å². The number of thioether (sulfide) groups is 1. The second-order valence-corrected chi connectivity index (χ2v) is 16.9. The Kier molecular flexibility index (Phi) is 12.7. The summed E-state index contributed by atoms with van der Waals surface area (Å²) in [6.45, 7) is 8.85. The molecule has 0 saturated carbocycles. The van der Waals surface area contributed by atoms with Gasteiger partial charge >= 0.3 is 5.97 Å². The number of carbonyl (C=O) groups excluding carboxylic acids is 2. The van der Waals surface area contributed by atoms with Crippen molar-refractivity contribution in [2.24, 2.45) is 5.41 Å². The lowest BCUT2D eigenvalue weighted by Gasteiger charge is -2.28. The first-order chi connectivity index (χ1) is 20.4. The molecule has 1 fully saturated rings. The summed E-state index contributed by atoms with van der Waals surface area (Å²) >= 11 is 20.1. The number of fused-ring (bicyclic) bond motifs is 1. The molecule has 44 heavy (non-hydrogen) atoms. The zero-order valence-electron chi connectivity index (χ0n) is 25.5. The number of hydrogen-bond acceptors (Lipinski definition) is 14. The highest BCUT2D eigenvalue weighted by Crippen LogP contribution is 2.50. The van der Waals surface area contributed by atoms with Gasteiger partial charge in [0.25, 0.3) is 6.64 Å². The van der Waals surface area contributed by atoms with Crippen molar-refractivity contribution < 1.29 is 38.0 Å². The number of hydrogen-bond donors (Lipinski definition) is 3. The van der Waals surface area contributed by atoms with E-state index in [1.807, 2.05) is 20.8 Å². The molecule has 248 valence electrons. The summed E-state index contributed by atoms with van der Waals surface area (Å²) in [5.41, 5.74) is 5.86. The maximum Gasteiger partial charge on any atom is 0.323 e. The average molecular weight is 718 g/mol. The highest BCUT2D eigenvalue weighted by Gasteiger charge is 2.56. The van der Waals surface area contributed by atoms with Crippen LogP contribution in [0.5, 0.6) is 5.88 Å². The van der Waals surface area contributed by atoms with Gasteiger partial charge in [-0.2, -0.15) is 9.97 Å². The molecule has 0 aliphatic carbocycles. The number of alkyl halides is 2. The SMILES string of the molecule is CCOc1nc(N)nc2c1ncn2[C@@H]1O[C@H](CO[P@](=S)(N[C@@H](C)C(=O)OC(C)C)OCCSC(=O)C(C)(C)C)[C@@H](O)C1(Cl)Cl.